The molecule has 1 aromatic carbocycles. The number of guanidine groups is 1. The Balaban J connectivity index is 3.11. The summed E-state index contributed by atoms with van der Waals surface area (Å²) >= 11 is 0. The number of hydrogen-bond acceptors (Lipinski definition) is 5. The number of ether oxygens (including phenoxy) is 1. The second kappa shape index (κ2) is 10.5. The van der Waals surface area contributed by atoms with E-state index >= 15 is 0 Å². The highest BCUT2D eigenvalue weighted by Crippen LogP contribution is 2.30. The number of aliphatic hydroxyl groups is 1. The third kappa shape index (κ3) is 6.53. The van der Waals surface area contributed by atoms with Crippen molar-refractivity contribution in [2.45, 2.75) is 64.8 Å². The van der Waals surface area contributed by atoms with Crippen LogP contribution in [-0.4, -0.2) is 39.2 Å². The summed E-state index contributed by atoms with van der Waals surface area (Å²) in [6.45, 7) is 9.23. The van der Waals surface area contributed by atoms with Crippen molar-refractivity contribution < 1.29 is 18.3 Å². The molecule has 1 atom stereocenters. The average Bonchev–Trinajstić information content (AvgIpc) is 2.57. The number of aryl methyl sites for hydroxylation is 1. The van der Waals surface area contributed by atoms with E-state index in [9.17, 15) is 13.5 Å². The molecule has 28 heavy (non-hydrogen) atoms. The molecule has 0 saturated heterocycles. The number of rotatable bonds is 9. The Hall–Kier alpha value is -2.06. The normalized spacial score (nSPS) is 13.2. The molecule has 0 spiro atoms. The molecule has 0 aromatic heterocycles. The molecule has 4 N–H and O–H groups in total. The molecule has 0 aliphatic carbocycles. The molecule has 0 amide bonds. The minimum Gasteiger partial charge on any atom is -0.496 e. The lowest BCUT2D eigenvalue weighted by atomic mass is 10.1. The smallest absolute Gasteiger partial charge is 0.264 e. The zero-order chi connectivity index (χ0) is 21.5. The van der Waals surface area contributed by atoms with E-state index in [1.807, 2.05) is 20.8 Å². The largest absolute Gasteiger partial charge is 0.496 e. The zero-order valence-corrected chi connectivity index (χ0v) is 18.5. The number of nitrogens with zero attached hydrogens (tertiary/aromatic N) is 1. The van der Waals surface area contributed by atoms with Gasteiger partial charge in [0, 0.05) is 6.61 Å². The number of allylic oxidation sites excluding steroid dienone is 2. The van der Waals surface area contributed by atoms with E-state index in [1.165, 1.54) is 5.57 Å². The summed E-state index contributed by atoms with van der Waals surface area (Å²) in [6, 6.07) is 1.43. The van der Waals surface area contributed by atoms with Crippen LogP contribution in [0.25, 0.3) is 0 Å². The van der Waals surface area contributed by atoms with Crippen molar-refractivity contribution in [3.63, 3.8) is 0 Å². The van der Waals surface area contributed by atoms with Crippen molar-refractivity contribution in [2.24, 2.45) is 10.7 Å². The van der Waals surface area contributed by atoms with E-state index in [2.05, 4.69) is 15.8 Å². The van der Waals surface area contributed by atoms with Crippen LogP contribution in [0, 0.1) is 20.8 Å². The summed E-state index contributed by atoms with van der Waals surface area (Å²) in [4.78, 5) is 4.45. The molecule has 0 heterocycles. The van der Waals surface area contributed by atoms with Crippen LogP contribution in [0.5, 0.6) is 5.75 Å². The van der Waals surface area contributed by atoms with E-state index in [0.717, 1.165) is 12.0 Å². The molecule has 0 aliphatic rings. The van der Waals surface area contributed by atoms with Crippen molar-refractivity contribution in [1.82, 2.24) is 4.72 Å². The van der Waals surface area contributed by atoms with Crippen molar-refractivity contribution in [2.75, 3.05) is 13.7 Å². The lowest BCUT2D eigenvalue weighted by Crippen LogP contribution is -2.38. The van der Waals surface area contributed by atoms with Gasteiger partial charge in [0.2, 0.25) is 5.96 Å². The zero-order valence-electron chi connectivity index (χ0n) is 17.7. The molecule has 0 radical (unpaired) electrons. The second-order valence-electron chi connectivity index (χ2n) is 7.12. The number of aliphatic imine (C=N–C) groups is 1. The fourth-order valence-electron chi connectivity index (χ4n) is 3.05. The SMILES string of the molecule is COc1cc(C)c(S(=O)(=O)NC(N)=N[C@H](CCO)CCC=C(C)C)c(C)c1C. The molecule has 0 bridgehead atoms. The van der Waals surface area contributed by atoms with Crippen LogP contribution in [0.4, 0.5) is 0 Å². The van der Waals surface area contributed by atoms with Gasteiger partial charge < -0.3 is 15.6 Å². The maximum absolute atomic E-state index is 12.9. The van der Waals surface area contributed by atoms with Crippen LogP contribution >= 0.6 is 0 Å². The molecular weight excluding hydrogens is 378 g/mol. The van der Waals surface area contributed by atoms with E-state index in [0.29, 0.717) is 29.7 Å². The first-order valence-electron chi connectivity index (χ1n) is 9.28. The lowest BCUT2D eigenvalue weighted by Gasteiger charge is -2.17. The summed E-state index contributed by atoms with van der Waals surface area (Å²) in [5.74, 6) is 0.459. The highest BCUT2D eigenvalue weighted by Gasteiger charge is 2.23. The third-order valence-electron chi connectivity index (χ3n) is 4.54. The number of benzene rings is 1. The predicted molar refractivity (Wildman–Crippen MR) is 113 cm³/mol. The minimum absolute atomic E-state index is 0.0427. The van der Waals surface area contributed by atoms with Gasteiger partial charge >= 0.3 is 0 Å². The van der Waals surface area contributed by atoms with Crippen LogP contribution in [0.2, 0.25) is 0 Å². The molecule has 8 heteroatoms. The number of hydrogen-bond donors (Lipinski definition) is 3. The van der Waals surface area contributed by atoms with Crippen molar-refractivity contribution in [1.29, 1.82) is 0 Å². The topological polar surface area (TPSA) is 114 Å². The van der Waals surface area contributed by atoms with Gasteiger partial charge in [-0.25, -0.2) is 18.1 Å². The quantitative estimate of drug-likeness (QED) is 0.328. The maximum Gasteiger partial charge on any atom is 0.264 e. The van der Waals surface area contributed by atoms with E-state index < -0.39 is 10.0 Å². The first-order chi connectivity index (χ1) is 13.0. The van der Waals surface area contributed by atoms with Crippen LogP contribution in [0.3, 0.4) is 0 Å². The summed E-state index contributed by atoms with van der Waals surface area (Å²) < 4.78 is 33.5. The van der Waals surface area contributed by atoms with Gasteiger partial charge in [-0.1, -0.05) is 11.6 Å². The molecular formula is C20H33N3O4S. The number of aliphatic hydroxyl groups excluding tert-OH is 1. The second-order valence-corrected chi connectivity index (χ2v) is 8.74. The van der Waals surface area contributed by atoms with Crippen LogP contribution < -0.4 is 15.2 Å². The number of methoxy groups -OCH3 is 1. The summed E-state index contributed by atoms with van der Waals surface area (Å²) in [5, 5.41) is 9.25. The molecule has 0 saturated carbocycles. The van der Waals surface area contributed by atoms with Gasteiger partial charge in [-0.2, -0.15) is 0 Å². The average molecular weight is 412 g/mol. The van der Waals surface area contributed by atoms with Gasteiger partial charge in [0.15, 0.2) is 0 Å². The first kappa shape index (κ1) is 24.0. The Morgan fingerprint density at radius 2 is 1.93 bits per heavy atom. The summed E-state index contributed by atoms with van der Waals surface area (Å²) in [7, 11) is -2.35. The highest BCUT2D eigenvalue weighted by atomic mass is 32.2. The van der Waals surface area contributed by atoms with E-state index in [4.69, 9.17) is 10.5 Å². The van der Waals surface area contributed by atoms with E-state index in [1.54, 1.807) is 27.0 Å². The van der Waals surface area contributed by atoms with Crippen LogP contribution in [0.1, 0.15) is 49.8 Å². The van der Waals surface area contributed by atoms with Crippen molar-refractivity contribution >= 4 is 16.0 Å². The number of sulfonamides is 1. The Morgan fingerprint density at radius 1 is 1.29 bits per heavy atom. The van der Waals surface area contributed by atoms with Crippen molar-refractivity contribution in [3.05, 3.63) is 34.4 Å². The molecule has 0 aliphatic heterocycles. The molecule has 7 nitrogen and oxygen atoms in total. The molecule has 0 unspecified atom stereocenters. The minimum atomic E-state index is -3.90. The van der Waals surface area contributed by atoms with Crippen LogP contribution in [0.15, 0.2) is 27.6 Å². The lowest BCUT2D eigenvalue weighted by molar-refractivity contribution is 0.273. The molecule has 0 fully saturated rings. The number of nitrogens with one attached hydrogen (secondary N) is 1. The molecule has 1 rings (SSSR count). The summed E-state index contributed by atoms with van der Waals surface area (Å²) in [5.41, 5.74) is 9.01. The standard InChI is InChI=1S/C20H33N3O4S/c1-13(2)8-7-9-17(10-11-24)22-20(21)23-28(25,26)19-14(3)12-18(27-6)15(4)16(19)5/h8,12,17,24H,7,9-11H2,1-6H3,(H3,21,22,23)/t17-/m0/s1. The Bertz CT molecular complexity index is 841. The number of nitrogens with two attached hydrogens (primary N) is 1. The Kier molecular flexibility index (Phi) is 8.97. The Labute approximate surface area is 168 Å². The van der Waals surface area contributed by atoms with Gasteiger partial charge in [0.1, 0.15) is 5.75 Å². The first-order valence-corrected chi connectivity index (χ1v) is 10.8. The molecule has 1 aromatic rings. The third-order valence-corrected chi connectivity index (χ3v) is 6.19. The summed E-state index contributed by atoms with van der Waals surface area (Å²) in [6.07, 6.45) is 3.95. The monoisotopic (exact) mass is 411 g/mol. The fourth-order valence-corrected chi connectivity index (χ4v) is 4.51. The van der Waals surface area contributed by atoms with Crippen LogP contribution in [-0.2, 0) is 10.0 Å². The Morgan fingerprint density at radius 3 is 2.46 bits per heavy atom. The maximum atomic E-state index is 12.9. The van der Waals surface area contributed by atoms with Gasteiger partial charge in [0.05, 0.1) is 18.0 Å². The fraction of sp³-hybridized carbons (Fsp3) is 0.550. The highest BCUT2D eigenvalue weighted by molar-refractivity contribution is 7.90. The van der Waals surface area contributed by atoms with Crippen molar-refractivity contribution in [3.8, 4) is 5.75 Å². The van der Waals surface area contributed by atoms with Gasteiger partial charge in [0.25, 0.3) is 10.0 Å². The van der Waals surface area contributed by atoms with Gasteiger partial charge in [-0.05, 0) is 76.6 Å². The van der Waals surface area contributed by atoms with Gasteiger partial charge in [-0.3, -0.25) is 0 Å². The molecule has 158 valence electrons. The van der Waals surface area contributed by atoms with Gasteiger partial charge in [-0.15, -0.1) is 0 Å². The van der Waals surface area contributed by atoms with E-state index in [-0.39, 0.29) is 23.5 Å². The predicted octanol–water partition coefficient (Wildman–Crippen LogP) is 2.71.